The van der Waals surface area contributed by atoms with Crippen LogP contribution in [0.25, 0.3) is 10.1 Å². The fourth-order valence-electron chi connectivity index (χ4n) is 2.84. The largest absolute Gasteiger partial charge is 0.388 e. The van der Waals surface area contributed by atoms with Crippen molar-refractivity contribution < 1.29 is 5.11 Å². The van der Waals surface area contributed by atoms with E-state index < -0.39 is 0 Å². The van der Waals surface area contributed by atoms with Gasteiger partial charge in [0.1, 0.15) is 0 Å². The molecule has 0 aliphatic carbocycles. The number of thiophene rings is 1. The Morgan fingerprint density at radius 3 is 3.10 bits per heavy atom. The SMILES string of the molecule is CN1CCC=C(CCC(O)c2ccc3sccc3c2)C1. The van der Waals surface area contributed by atoms with E-state index in [1.165, 1.54) is 15.7 Å². The Balaban J connectivity index is 1.63. The standard InChI is InChI=1S/C17H21NOS/c1-18-9-2-3-13(12-18)4-6-16(19)14-5-7-17-15(11-14)8-10-20-17/h3,5,7-8,10-11,16,19H,2,4,6,9,12H2,1H3. The molecule has 0 fully saturated rings. The third-order valence-electron chi connectivity index (χ3n) is 4.02. The molecule has 3 rings (SSSR count). The number of nitrogens with zero attached hydrogens (tertiary/aromatic N) is 1. The summed E-state index contributed by atoms with van der Waals surface area (Å²) in [7, 11) is 2.16. The second-order valence-electron chi connectivity index (χ2n) is 5.66. The quantitative estimate of drug-likeness (QED) is 0.860. The first kappa shape index (κ1) is 13.8. The molecule has 1 aromatic heterocycles. The lowest BCUT2D eigenvalue weighted by Gasteiger charge is -2.23. The molecular weight excluding hydrogens is 266 g/mol. The average Bonchev–Trinajstić information content (AvgIpc) is 2.92. The molecule has 0 spiro atoms. The Labute approximate surface area is 124 Å². The summed E-state index contributed by atoms with van der Waals surface area (Å²) >= 11 is 1.75. The van der Waals surface area contributed by atoms with Crippen molar-refractivity contribution in [2.45, 2.75) is 25.4 Å². The molecule has 1 N–H and O–H groups in total. The third-order valence-corrected chi connectivity index (χ3v) is 4.91. The molecule has 2 aromatic rings. The zero-order chi connectivity index (χ0) is 13.9. The highest BCUT2D eigenvalue weighted by atomic mass is 32.1. The molecular formula is C17H21NOS. The summed E-state index contributed by atoms with van der Waals surface area (Å²) in [6.45, 7) is 2.21. The molecule has 106 valence electrons. The zero-order valence-electron chi connectivity index (χ0n) is 11.9. The lowest BCUT2D eigenvalue weighted by Crippen LogP contribution is -2.25. The van der Waals surface area contributed by atoms with E-state index in [9.17, 15) is 5.11 Å². The molecule has 0 amide bonds. The number of aliphatic hydroxyl groups is 1. The number of benzene rings is 1. The summed E-state index contributed by atoms with van der Waals surface area (Å²) in [5.74, 6) is 0. The molecule has 2 heterocycles. The first-order valence-electron chi connectivity index (χ1n) is 7.24. The molecule has 0 saturated heterocycles. The van der Waals surface area contributed by atoms with Crippen molar-refractivity contribution >= 4 is 21.4 Å². The van der Waals surface area contributed by atoms with Crippen LogP contribution in [0.4, 0.5) is 0 Å². The van der Waals surface area contributed by atoms with Crippen LogP contribution in [0.1, 0.15) is 30.9 Å². The normalized spacial score (nSPS) is 18.2. The van der Waals surface area contributed by atoms with E-state index in [1.807, 2.05) is 0 Å². The summed E-state index contributed by atoms with van der Waals surface area (Å²) in [4.78, 5) is 2.35. The molecule has 0 radical (unpaired) electrons. The molecule has 1 unspecified atom stereocenters. The van der Waals surface area contributed by atoms with Crippen LogP contribution in [-0.2, 0) is 0 Å². The van der Waals surface area contributed by atoms with Gasteiger partial charge in [-0.2, -0.15) is 0 Å². The highest BCUT2D eigenvalue weighted by molar-refractivity contribution is 7.17. The van der Waals surface area contributed by atoms with E-state index in [2.05, 4.69) is 47.7 Å². The molecule has 1 aliphatic heterocycles. The van der Waals surface area contributed by atoms with Crippen molar-refractivity contribution in [1.29, 1.82) is 0 Å². The average molecular weight is 287 g/mol. The van der Waals surface area contributed by atoms with Crippen molar-refractivity contribution in [3.8, 4) is 0 Å². The van der Waals surface area contributed by atoms with Crippen LogP contribution in [0.5, 0.6) is 0 Å². The van der Waals surface area contributed by atoms with Crippen LogP contribution in [-0.4, -0.2) is 30.1 Å². The van der Waals surface area contributed by atoms with Gasteiger partial charge in [0, 0.05) is 17.8 Å². The first-order valence-corrected chi connectivity index (χ1v) is 8.12. The summed E-state index contributed by atoms with van der Waals surface area (Å²) in [5, 5.41) is 13.7. The molecule has 20 heavy (non-hydrogen) atoms. The van der Waals surface area contributed by atoms with Gasteiger partial charge in [-0.3, -0.25) is 0 Å². The van der Waals surface area contributed by atoms with E-state index in [0.717, 1.165) is 37.9 Å². The van der Waals surface area contributed by atoms with Crippen LogP contribution in [0.3, 0.4) is 0 Å². The number of hydrogen-bond acceptors (Lipinski definition) is 3. The number of rotatable bonds is 4. The van der Waals surface area contributed by atoms with E-state index >= 15 is 0 Å². The second kappa shape index (κ2) is 6.08. The number of fused-ring (bicyclic) bond motifs is 1. The van der Waals surface area contributed by atoms with Gasteiger partial charge in [0.25, 0.3) is 0 Å². The second-order valence-corrected chi connectivity index (χ2v) is 6.61. The van der Waals surface area contributed by atoms with Crippen LogP contribution in [0, 0.1) is 0 Å². The zero-order valence-corrected chi connectivity index (χ0v) is 12.7. The lowest BCUT2D eigenvalue weighted by molar-refractivity contribution is 0.166. The third kappa shape index (κ3) is 3.11. The van der Waals surface area contributed by atoms with Gasteiger partial charge in [-0.05, 0) is 60.8 Å². The highest BCUT2D eigenvalue weighted by Crippen LogP contribution is 2.27. The van der Waals surface area contributed by atoms with Gasteiger partial charge in [0.15, 0.2) is 0 Å². The van der Waals surface area contributed by atoms with Crippen LogP contribution < -0.4 is 0 Å². The van der Waals surface area contributed by atoms with E-state index in [0.29, 0.717) is 0 Å². The monoisotopic (exact) mass is 287 g/mol. The summed E-state index contributed by atoms with van der Waals surface area (Å²) in [6, 6.07) is 8.42. The first-order chi connectivity index (χ1) is 9.72. The minimum absolute atomic E-state index is 0.354. The van der Waals surface area contributed by atoms with Crippen molar-refractivity contribution in [2.24, 2.45) is 0 Å². The van der Waals surface area contributed by atoms with E-state index in [4.69, 9.17) is 0 Å². The van der Waals surface area contributed by atoms with Gasteiger partial charge < -0.3 is 10.0 Å². The van der Waals surface area contributed by atoms with Crippen molar-refractivity contribution in [3.05, 3.63) is 46.9 Å². The van der Waals surface area contributed by atoms with Gasteiger partial charge in [0.05, 0.1) is 6.10 Å². The minimum atomic E-state index is -0.354. The molecule has 1 aromatic carbocycles. The van der Waals surface area contributed by atoms with Gasteiger partial charge >= 0.3 is 0 Å². The number of hydrogen-bond donors (Lipinski definition) is 1. The topological polar surface area (TPSA) is 23.5 Å². The van der Waals surface area contributed by atoms with Gasteiger partial charge in [0.2, 0.25) is 0 Å². The Bertz CT molecular complexity index is 616. The molecule has 1 aliphatic rings. The summed E-state index contributed by atoms with van der Waals surface area (Å²) in [5.41, 5.74) is 2.51. The maximum Gasteiger partial charge on any atom is 0.0793 e. The van der Waals surface area contributed by atoms with Crippen molar-refractivity contribution in [1.82, 2.24) is 4.90 Å². The summed E-state index contributed by atoms with van der Waals surface area (Å²) in [6.07, 6.45) is 4.94. The molecule has 2 nitrogen and oxygen atoms in total. The maximum absolute atomic E-state index is 10.4. The summed E-state index contributed by atoms with van der Waals surface area (Å²) < 4.78 is 1.29. The minimum Gasteiger partial charge on any atom is -0.388 e. The highest BCUT2D eigenvalue weighted by Gasteiger charge is 2.12. The Hall–Kier alpha value is -1.16. The predicted octanol–water partition coefficient (Wildman–Crippen LogP) is 3.98. The van der Waals surface area contributed by atoms with Gasteiger partial charge in [-0.1, -0.05) is 17.7 Å². The van der Waals surface area contributed by atoms with E-state index in [1.54, 1.807) is 11.3 Å². The van der Waals surface area contributed by atoms with Crippen LogP contribution in [0.15, 0.2) is 41.3 Å². The van der Waals surface area contributed by atoms with Crippen molar-refractivity contribution in [3.63, 3.8) is 0 Å². The number of aliphatic hydroxyl groups excluding tert-OH is 1. The Morgan fingerprint density at radius 1 is 1.35 bits per heavy atom. The molecule has 1 atom stereocenters. The smallest absolute Gasteiger partial charge is 0.0793 e. The Morgan fingerprint density at radius 2 is 2.25 bits per heavy atom. The number of likely N-dealkylation sites (N-methyl/N-ethyl adjacent to an activating group) is 1. The van der Waals surface area contributed by atoms with Gasteiger partial charge in [-0.15, -0.1) is 11.3 Å². The van der Waals surface area contributed by atoms with Crippen LogP contribution >= 0.6 is 11.3 Å². The van der Waals surface area contributed by atoms with Gasteiger partial charge in [-0.25, -0.2) is 0 Å². The molecule has 0 bridgehead atoms. The molecule has 0 saturated carbocycles. The van der Waals surface area contributed by atoms with E-state index in [-0.39, 0.29) is 6.10 Å². The predicted molar refractivity (Wildman–Crippen MR) is 86.2 cm³/mol. The lowest BCUT2D eigenvalue weighted by atomic mass is 9.98. The molecule has 3 heteroatoms. The van der Waals surface area contributed by atoms with Crippen LogP contribution in [0.2, 0.25) is 0 Å². The fourth-order valence-corrected chi connectivity index (χ4v) is 3.61. The fraction of sp³-hybridized carbons (Fsp3) is 0.412. The maximum atomic E-state index is 10.4. The van der Waals surface area contributed by atoms with Crippen molar-refractivity contribution in [2.75, 3.05) is 20.1 Å². The Kier molecular flexibility index (Phi) is 4.20.